The minimum atomic E-state index is -0.225. The monoisotopic (exact) mass is 860 g/mol. The van der Waals surface area contributed by atoms with Crippen molar-refractivity contribution >= 4 is 78.0 Å². The van der Waals surface area contributed by atoms with E-state index in [0.29, 0.717) is 0 Å². The highest BCUT2D eigenvalue weighted by Gasteiger charge is 2.49. The zero-order valence-corrected chi connectivity index (χ0v) is 40.8. The molecule has 0 saturated heterocycles. The van der Waals surface area contributed by atoms with Crippen LogP contribution in [0.1, 0.15) is 135 Å². The smallest absolute Gasteiger partial charge is 0.264 e. The quantitative estimate of drug-likeness (QED) is 0.163. The van der Waals surface area contributed by atoms with Crippen LogP contribution in [0, 0.1) is 12.7 Å². The summed E-state index contributed by atoms with van der Waals surface area (Å²) in [6, 6.07) is 40.7. The first-order valence-electron chi connectivity index (χ1n) is 23.7. The molecule has 1 aromatic heterocycles. The summed E-state index contributed by atoms with van der Waals surface area (Å²) in [6.07, 6.45) is 4.54. The van der Waals surface area contributed by atoms with Crippen molar-refractivity contribution in [1.82, 2.24) is 0 Å². The molecule has 0 fully saturated rings. The number of anilines is 6. The molecule has 11 rings (SSSR count). The zero-order valence-electron chi connectivity index (χ0n) is 40.0. The van der Waals surface area contributed by atoms with E-state index >= 15 is 4.39 Å². The van der Waals surface area contributed by atoms with Gasteiger partial charge in [-0.25, -0.2) is 4.39 Å². The largest absolute Gasteiger partial charge is 0.311 e. The van der Waals surface area contributed by atoms with E-state index in [2.05, 4.69) is 190 Å². The molecule has 0 bridgehead atoms. The molecule has 2 nitrogen and oxygen atoms in total. The van der Waals surface area contributed by atoms with Gasteiger partial charge < -0.3 is 9.80 Å². The molecular weight excluding hydrogens is 799 g/mol. The lowest BCUT2D eigenvalue weighted by Gasteiger charge is -2.47. The molecule has 2 aliphatic carbocycles. The molecule has 5 heteroatoms. The van der Waals surface area contributed by atoms with Crippen LogP contribution in [0.5, 0.6) is 0 Å². The Kier molecular flexibility index (Phi) is 8.90. The van der Waals surface area contributed by atoms with Crippen molar-refractivity contribution in [2.24, 2.45) is 0 Å². The van der Waals surface area contributed by atoms with Crippen LogP contribution in [-0.2, 0) is 27.1 Å². The molecule has 0 saturated carbocycles. The van der Waals surface area contributed by atoms with Gasteiger partial charge in [-0.1, -0.05) is 136 Å². The third-order valence-electron chi connectivity index (χ3n) is 16.0. The van der Waals surface area contributed by atoms with Crippen molar-refractivity contribution < 1.29 is 4.39 Å². The van der Waals surface area contributed by atoms with Gasteiger partial charge in [-0.3, -0.25) is 0 Å². The maximum absolute atomic E-state index is 17.3. The standard InChI is InChI=1S/C59H62BFN2S/c1-35-18-23-51-41(28-35)53-54(64-51)60-46-33-44-45(59(11,12)27-26-58(44,9)10)34-48(46)62(39-20-21-42-43(32-39)57(7,8)25-24-56(42,5)6)49-30-38(61)31-50(52(49)60)63(53)47-22-19-37(55(2,3)4)29-40(47)36-16-14-13-15-17-36/h13-23,28-34H,24-27H2,1-12H3. The predicted molar refractivity (Wildman–Crippen MR) is 275 cm³/mol. The molecule has 0 atom stereocenters. The summed E-state index contributed by atoms with van der Waals surface area (Å²) < 4.78 is 19.9. The number of halogens is 1. The van der Waals surface area contributed by atoms with Crippen LogP contribution in [0.3, 0.4) is 0 Å². The topological polar surface area (TPSA) is 6.48 Å². The molecule has 4 aliphatic rings. The lowest BCUT2D eigenvalue weighted by atomic mass is 9.35. The molecule has 0 unspecified atom stereocenters. The van der Waals surface area contributed by atoms with Crippen LogP contribution in [0.15, 0.2) is 109 Å². The molecule has 0 N–H and O–H groups in total. The first kappa shape index (κ1) is 41.6. The van der Waals surface area contributed by atoms with E-state index in [1.165, 1.54) is 70.5 Å². The van der Waals surface area contributed by atoms with Crippen LogP contribution >= 0.6 is 11.3 Å². The van der Waals surface area contributed by atoms with Gasteiger partial charge in [-0.2, -0.15) is 0 Å². The second-order valence-electron chi connectivity index (χ2n) is 23.3. The molecule has 0 radical (unpaired) electrons. The summed E-state index contributed by atoms with van der Waals surface area (Å²) in [7, 11) is 0. The Morgan fingerprint density at radius 3 is 1.84 bits per heavy atom. The number of rotatable bonds is 3. The zero-order chi connectivity index (χ0) is 45.0. The number of nitrogens with zero attached hydrogens (tertiary/aromatic N) is 2. The summed E-state index contributed by atoms with van der Waals surface area (Å²) in [6.45, 7) is 28.3. The van der Waals surface area contributed by atoms with Gasteiger partial charge in [0.05, 0.1) is 11.4 Å². The molecule has 2 aliphatic heterocycles. The molecule has 7 aromatic rings. The van der Waals surface area contributed by atoms with Crippen molar-refractivity contribution in [3.05, 3.63) is 148 Å². The van der Waals surface area contributed by atoms with E-state index in [-0.39, 0.29) is 39.6 Å². The molecule has 6 aromatic carbocycles. The minimum absolute atomic E-state index is 0.00246. The summed E-state index contributed by atoms with van der Waals surface area (Å²) >= 11 is 1.92. The molecule has 64 heavy (non-hydrogen) atoms. The Labute approximate surface area is 385 Å². The molecular formula is C59H62BFN2S. The number of thiophene rings is 1. The third kappa shape index (κ3) is 6.15. The van der Waals surface area contributed by atoms with Crippen LogP contribution in [0.2, 0.25) is 0 Å². The maximum Gasteiger partial charge on any atom is 0.264 e. The third-order valence-corrected chi connectivity index (χ3v) is 17.3. The van der Waals surface area contributed by atoms with Crippen molar-refractivity contribution in [2.45, 2.75) is 136 Å². The fourth-order valence-corrected chi connectivity index (χ4v) is 13.2. The van der Waals surface area contributed by atoms with E-state index in [0.717, 1.165) is 59.6 Å². The average molecular weight is 861 g/mol. The van der Waals surface area contributed by atoms with Crippen molar-refractivity contribution in [2.75, 3.05) is 9.80 Å². The fourth-order valence-electron chi connectivity index (χ4n) is 11.9. The highest BCUT2D eigenvalue weighted by Crippen LogP contribution is 2.54. The highest BCUT2D eigenvalue weighted by molar-refractivity contribution is 7.33. The van der Waals surface area contributed by atoms with Gasteiger partial charge in [0.2, 0.25) is 0 Å². The van der Waals surface area contributed by atoms with Crippen molar-refractivity contribution in [1.29, 1.82) is 0 Å². The lowest BCUT2D eigenvalue weighted by molar-refractivity contribution is 0.332. The molecule has 0 amide bonds. The Balaban J connectivity index is 1.28. The Morgan fingerprint density at radius 1 is 0.578 bits per heavy atom. The Hall–Kier alpha value is -5.13. The summed E-state index contributed by atoms with van der Waals surface area (Å²) in [5, 5.41) is 1.22. The average Bonchev–Trinajstić information content (AvgIpc) is 3.61. The molecule has 3 heterocycles. The van der Waals surface area contributed by atoms with Gasteiger partial charge >= 0.3 is 0 Å². The summed E-state index contributed by atoms with van der Waals surface area (Å²) in [4.78, 5) is 4.92. The number of benzene rings is 6. The van der Waals surface area contributed by atoms with Crippen LogP contribution in [-0.4, -0.2) is 6.71 Å². The first-order chi connectivity index (χ1) is 30.1. The first-order valence-corrected chi connectivity index (χ1v) is 24.5. The summed E-state index contributed by atoms with van der Waals surface area (Å²) in [5.74, 6) is -0.225. The van der Waals surface area contributed by atoms with E-state index < -0.39 is 0 Å². The number of fused-ring (bicyclic) bond motifs is 8. The van der Waals surface area contributed by atoms with Gasteiger partial charge in [0.15, 0.2) is 0 Å². The lowest BCUT2D eigenvalue weighted by Crippen LogP contribution is -2.61. The number of hydrogen-bond acceptors (Lipinski definition) is 3. The van der Waals surface area contributed by atoms with Gasteiger partial charge in [-0.05, 0) is 159 Å². The van der Waals surface area contributed by atoms with Crippen molar-refractivity contribution in [3.63, 3.8) is 0 Å². The maximum atomic E-state index is 17.3. The normalized spacial score (nSPS) is 18.5. The van der Waals surface area contributed by atoms with Crippen LogP contribution in [0.4, 0.5) is 38.5 Å². The number of hydrogen-bond donors (Lipinski definition) is 0. The SMILES string of the molecule is Cc1ccc2sc3c(c2c1)N(c1ccc(C(C)(C)C)cc1-c1ccccc1)c1cc(F)cc2c1B3c1cc3c(cc1N2c1ccc2c(c1)C(C)(C)CCC2(C)C)C(C)(C)CCC3(C)C. The van der Waals surface area contributed by atoms with E-state index in [1.807, 2.05) is 23.5 Å². The second-order valence-corrected chi connectivity index (χ2v) is 24.4. The molecule has 324 valence electrons. The predicted octanol–water partition coefficient (Wildman–Crippen LogP) is 15.1. The van der Waals surface area contributed by atoms with Gasteiger partial charge in [0.25, 0.3) is 6.71 Å². The molecule has 0 spiro atoms. The van der Waals surface area contributed by atoms with Gasteiger partial charge in [-0.15, -0.1) is 11.3 Å². The summed E-state index contributed by atoms with van der Waals surface area (Å²) in [5.41, 5.74) is 19.4. The van der Waals surface area contributed by atoms with Gasteiger partial charge in [0.1, 0.15) is 5.82 Å². The fraction of sp³-hybridized carbons (Fsp3) is 0.356. The Morgan fingerprint density at radius 2 is 1.19 bits per heavy atom. The minimum Gasteiger partial charge on any atom is -0.311 e. The Bertz CT molecular complexity index is 3090. The van der Waals surface area contributed by atoms with Crippen molar-refractivity contribution in [3.8, 4) is 11.1 Å². The van der Waals surface area contributed by atoms with Crippen LogP contribution < -0.4 is 25.5 Å². The van der Waals surface area contributed by atoms with Gasteiger partial charge in [0, 0.05) is 43.2 Å². The highest BCUT2D eigenvalue weighted by atomic mass is 32.1. The van der Waals surface area contributed by atoms with Crippen LogP contribution in [0.25, 0.3) is 21.2 Å². The van der Waals surface area contributed by atoms with E-state index in [1.54, 1.807) is 0 Å². The second kappa shape index (κ2) is 13.7. The number of aryl methyl sites for hydroxylation is 1. The van der Waals surface area contributed by atoms with E-state index in [4.69, 9.17) is 0 Å². The van der Waals surface area contributed by atoms with E-state index in [9.17, 15) is 0 Å².